The van der Waals surface area contributed by atoms with E-state index in [9.17, 15) is 9.18 Å². The van der Waals surface area contributed by atoms with Crippen LogP contribution in [0.5, 0.6) is 0 Å². The lowest BCUT2D eigenvalue weighted by Gasteiger charge is -2.03. The van der Waals surface area contributed by atoms with Crippen molar-refractivity contribution in [2.24, 2.45) is 0 Å². The minimum Gasteiger partial charge on any atom is -0.461 e. The van der Waals surface area contributed by atoms with Crippen molar-refractivity contribution in [3.8, 4) is 0 Å². The van der Waals surface area contributed by atoms with Crippen LogP contribution in [0, 0.1) is 12.7 Å². The molecule has 2 aromatic rings. The van der Waals surface area contributed by atoms with Crippen LogP contribution < -0.4 is 0 Å². The highest BCUT2D eigenvalue weighted by Crippen LogP contribution is 2.22. The van der Waals surface area contributed by atoms with Crippen LogP contribution in [0.3, 0.4) is 0 Å². The molecule has 17 heavy (non-hydrogen) atoms. The minimum atomic E-state index is -0.520. The molecular formula is C13H10ClFO2. The molecule has 0 radical (unpaired) electrons. The monoisotopic (exact) mass is 252 g/mol. The summed E-state index contributed by atoms with van der Waals surface area (Å²) < 4.78 is 18.3. The maximum absolute atomic E-state index is 13.2. The van der Waals surface area contributed by atoms with Gasteiger partial charge in [0.2, 0.25) is 5.78 Å². The Balaban J connectivity index is 2.25. The first-order valence-corrected chi connectivity index (χ1v) is 5.47. The molecule has 0 saturated carbocycles. The maximum Gasteiger partial charge on any atom is 0.202 e. The number of rotatable bonds is 3. The van der Waals surface area contributed by atoms with Crippen LogP contribution in [0.25, 0.3) is 0 Å². The van der Waals surface area contributed by atoms with Gasteiger partial charge in [-0.15, -0.1) is 0 Å². The Bertz CT molecular complexity index is 560. The van der Waals surface area contributed by atoms with Crippen LogP contribution in [0.1, 0.15) is 21.7 Å². The van der Waals surface area contributed by atoms with Crippen LogP contribution in [0.15, 0.2) is 34.9 Å². The van der Waals surface area contributed by atoms with Gasteiger partial charge < -0.3 is 4.42 Å². The maximum atomic E-state index is 13.2. The fourth-order valence-electron chi connectivity index (χ4n) is 1.60. The van der Waals surface area contributed by atoms with E-state index in [1.165, 1.54) is 18.4 Å². The lowest BCUT2D eigenvalue weighted by atomic mass is 10.1. The van der Waals surface area contributed by atoms with Gasteiger partial charge in [-0.2, -0.15) is 0 Å². The van der Waals surface area contributed by atoms with E-state index in [1.54, 1.807) is 19.1 Å². The first-order valence-electron chi connectivity index (χ1n) is 5.10. The van der Waals surface area contributed by atoms with E-state index in [0.717, 1.165) is 5.56 Å². The molecule has 2 nitrogen and oxygen atoms in total. The van der Waals surface area contributed by atoms with Crippen molar-refractivity contribution in [2.45, 2.75) is 13.3 Å². The Hall–Kier alpha value is -1.61. The van der Waals surface area contributed by atoms with Gasteiger partial charge in [0.1, 0.15) is 5.82 Å². The predicted molar refractivity (Wildman–Crippen MR) is 62.9 cm³/mol. The summed E-state index contributed by atoms with van der Waals surface area (Å²) in [7, 11) is 0. The van der Waals surface area contributed by atoms with Crippen molar-refractivity contribution in [3.63, 3.8) is 0 Å². The van der Waals surface area contributed by atoms with E-state index in [0.29, 0.717) is 11.3 Å². The van der Waals surface area contributed by atoms with Gasteiger partial charge in [-0.25, -0.2) is 4.39 Å². The molecule has 0 aliphatic carbocycles. The molecule has 4 heteroatoms. The van der Waals surface area contributed by atoms with Gasteiger partial charge in [0.05, 0.1) is 11.3 Å². The van der Waals surface area contributed by atoms with E-state index >= 15 is 0 Å². The van der Waals surface area contributed by atoms with Crippen molar-refractivity contribution in [3.05, 3.63) is 58.3 Å². The summed E-state index contributed by atoms with van der Waals surface area (Å²) in [6.07, 6.45) is 1.49. The zero-order valence-electron chi connectivity index (χ0n) is 9.17. The molecule has 1 aromatic carbocycles. The van der Waals surface area contributed by atoms with Crippen LogP contribution in [-0.4, -0.2) is 5.78 Å². The first-order chi connectivity index (χ1) is 8.09. The lowest BCUT2D eigenvalue weighted by Crippen LogP contribution is -2.04. The van der Waals surface area contributed by atoms with Gasteiger partial charge in [0, 0.05) is 6.42 Å². The molecule has 0 atom stereocenters. The van der Waals surface area contributed by atoms with Crippen molar-refractivity contribution in [1.29, 1.82) is 0 Å². The second-order valence-corrected chi connectivity index (χ2v) is 4.12. The smallest absolute Gasteiger partial charge is 0.202 e. The fourth-order valence-corrected chi connectivity index (χ4v) is 1.79. The number of halogens is 2. The number of hydrogen-bond acceptors (Lipinski definition) is 2. The summed E-state index contributed by atoms with van der Waals surface area (Å²) in [5.41, 5.74) is 1.23. The van der Waals surface area contributed by atoms with Gasteiger partial charge in [0.15, 0.2) is 5.76 Å². The number of aryl methyl sites for hydroxylation is 1. The van der Waals surface area contributed by atoms with Gasteiger partial charge in [0.25, 0.3) is 0 Å². The minimum absolute atomic E-state index is 0.00920. The van der Waals surface area contributed by atoms with Crippen molar-refractivity contribution >= 4 is 17.4 Å². The van der Waals surface area contributed by atoms with Crippen molar-refractivity contribution < 1.29 is 13.6 Å². The molecule has 0 spiro atoms. The molecule has 88 valence electrons. The van der Waals surface area contributed by atoms with E-state index in [1.807, 2.05) is 0 Å². The number of Topliss-reactive ketones (excluding diaryl/α,β-unsaturated/α-hetero) is 1. The Labute approximate surface area is 103 Å². The average molecular weight is 253 g/mol. The normalized spacial score (nSPS) is 10.5. The lowest BCUT2D eigenvalue weighted by molar-refractivity contribution is 0.0965. The molecular weight excluding hydrogens is 243 g/mol. The molecule has 1 heterocycles. The topological polar surface area (TPSA) is 30.2 Å². The summed E-state index contributed by atoms with van der Waals surface area (Å²) in [5.74, 6) is -0.432. The Morgan fingerprint density at radius 1 is 1.41 bits per heavy atom. The summed E-state index contributed by atoms with van der Waals surface area (Å²) in [5, 5.41) is -0.00920. The molecule has 0 fully saturated rings. The summed E-state index contributed by atoms with van der Waals surface area (Å²) in [6.45, 7) is 1.78. The largest absolute Gasteiger partial charge is 0.461 e. The van der Waals surface area contributed by atoms with Crippen LogP contribution in [-0.2, 0) is 6.42 Å². The summed E-state index contributed by atoms with van der Waals surface area (Å²) in [6, 6.07) is 6.12. The first kappa shape index (κ1) is 11.9. The molecule has 0 N–H and O–H groups in total. The zero-order valence-corrected chi connectivity index (χ0v) is 9.92. The highest BCUT2D eigenvalue weighted by Gasteiger charge is 2.16. The third-order valence-electron chi connectivity index (χ3n) is 2.50. The number of furan rings is 1. The summed E-state index contributed by atoms with van der Waals surface area (Å²) >= 11 is 5.78. The SMILES string of the molecule is Cc1ccoc1C(=O)Cc1cccc(F)c1Cl. The number of carbonyl (C=O) groups is 1. The molecule has 0 aliphatic heterocycles. The van der Waals surface area contributed by atoms with E-state index in [-0.39, 0.29) is 17.2 Å². The van der Waals surface area contributed by atoms with Gasteiger partial charge in [-0.05, 0) is 30.2 Å². The number of carbonyl (C=O) groups excluding carboxylic acids is 1. The third-order valence-corrected chi connectivity index (χ3v) is 2.92. The molecule has 0 aliphatic rings. The summed E-state index contributed by atoms with van der Waals surface area (Å²) in [4.78, 5) is 11.9. The van der Waals surface area contributed by atoms with E-state index in [2.05, 4.69) is 0 Å². The standard InChI is InChI=1S/C13H10ClFO2/c1-8-5-6-17-13(8)11(16)7-9-3-2-4-10(15)12(9)14/h2-6H,7H2,1H3. The van der Waals surface area contributed by atoms with Gasteiger partial charge in [-0.3, -0.25) is 4.79 Å². The molecule has 0 saturated heterocycles. The van der Waals surface area contributed by atoms with Crippen LogP contribution in [0.2, 0.25) is 5.02 Å². The average Bonchev–Trinajstić information content (AvgIpc) is 2.71. The van der Waals surface area contributed by atoms with E-state index < -0.39 is 5.82 Å². The molecule has 0 amide bonds. The van der Waals surface area contributed by atoms with Crippen LogP contribution >= 0.6 is 11.6 Å². The highest BCUT2D eigenvalue weighted by atomic mass is 35.5. The Morgan fingerprint density at radius 3 is 2.82 bits per heavy atom. The van der Waals surface area contributed by atoms with Gasteiger partial charge >= 0.3 is 0 Å². The molecule has 2 rings (SSSR count). The predicted octanol–water partition coefficient (Wildman–Crippen LogP) is 3.81. The van der Waals surface area contributed by atoms with Crippen molar-refractivity contribution in [1.82, 2.24) is 0 Å². The number of ketones is 1. The third kappa shape index (κ3) is 2.39. The van der Waals surface area contributed by atoms with Crippen LogP contribution in [0.4, 0.5) is 4.39 Å². The Morgan fingerprint density at radius 2 is 2.18 bits per heavy atom. The second kappa shape index (κ2) is 4.72. The van der Waals surface area contributed by atoms with E-state index in [4.69, 9.17) is 16.0 Å². The quantitative estimate of drug-likeness (QED) is 0.778. The zero-order chi connectivity index (χ0) is 12.4. The number of hydrogen-bond donors (Lipinski definition) is 0. The number of benzene rings is 1. The highest BCUT2D eigenvalue weighted by molar-refractivity contribution is 6.31. The second-order valence-electron chi connectivity index (χ2n) is 3.75. The molecule has 1 aromatic heterocycles. The van der Waals surface area contributed by atoms with Crippen molar-refractivity contribution in [2.75, 3.05) is 0 Å². The fraction of sp³-hybridized carbons (Fsp3) is 0.154. The van der Waals surface area contributed by atoms with Gasteiger partial charge in [-0.1, -0.05) is 23.7 Å². The molecule has 0 bridgehead atoms. The molecule has 0 unspecified atom stereocenters. The Kier molecular flexibility index (Phi) is 3.29.